The van der Waals surface area contributed by atoms with Gasteiger partial charge in [0.1, 0.15) is 17.5 Å². The van der Waals surface area contributed by atoms with E-state index < -0.39 is 17.9 Å². The number of carboxylic acids is 1. The van der Waals surface area contributed by atoms with Crippen LogP contribution in [0.4, 0.5) is 0 Å². The largest absolute Gasteiger partial charge is 0.505 e. The Kier molecular flexibility index (Phi) is 5.94. The van der Waals surface area contributed by atoms with Crippen LogP contribution in [0.15, 0.2) is 48.5 Å². The van der Waals surface area contributed by atoms with Gasteiger partial charge in [-0.3, -0.25) is 9.59 Å². The van der Waals surface area contributed by atoms with Crippen molar-refractivity contribution in [2.24, 2.45) is 0 Å². The average molecular weight is 396 g/mol. The normalized spacial score (nSPS) is 11.8. The molecule has 0 saturated carbocycles. The Morgan fingerprint density at radius 2 is 1.83 bits per heavy atom. The summed E-state index contributed by atoms with van der Waals surface area (Å²) in [5.74, 6) is -1.16. The number of pyridine rings is 1. The molecule has 0 spiro atoms. The van der Waals surface area contributed by atoms with E-state index in [-0.39, 0.29) is 18.1 Å². The number of hydrogen-bond donors (Lipinski definition) is 3. The molecular weight excluding hydrogens is 376 g/mol. The van der Waals surface area contributed by atoms with E-state index in [4.69, 9.17) is 14.6 Å². The molecule has 1 unspecified atom stereocenters. The number of ether oxygens (including phenoxy) is 2. The maximum Gasteiger partial charge on any atom is 0.325 e. The zero-order chi connectivity index (χ0) is 21.0. The third-order valence-electron chi connectivity index (χ3n) is 4.22. The molecular formula is C21H20N2O6. The number of carbonyl (C=O) groups excluding carboxylic acids is 1. The zero-order valence-corrected chi connectivity index (χ0v) is 15.9. The summed E-state index contributed by atoms with van der Waals surface area (Å²) < 4.78 is 11.0. The zero-order valence-electron chi connectivity index (χ0n) is 15.9. The fraction of sp³-hybridized carbons (Fsp3) is 0.190. The number of nitrogens with one attached hydrogen (secondary N) is 1. The molecule has 1 atom stereocenters. The van der Waals surface area contributed by atoms with E-state index in [1.54, 1.807) is 18.2 Å². The van der Waals surface area contributed by atoms with E-state index in [2.05, 4.69) is 10.3 Å². The molecule has 0 saturated heterocycles. The summed E-state index contributed by atoms with van der Waals surface area (Å²) in [7, 11) is 1.48. The van der Waals surface area contributed by atoms with E-state index in [1.165, 1.54) is 14.0 Å². The van der Waals surface area contributed by atoms with Crippen molar-refractivity contribution in [2.45, 2.75) is 19.6 Å². The smallest absolute Gasteiger partial charge is 0.325 e. The number of amides is 1. The lowest BCUT2D eigenvalue weighted by atomic mass is 10.1. The van der Waals surface area contributed by atoms with Gasteiger partial charge < -0.3 is 25.0 Å². The lowest BCUT2D eigenvalue weighted by Gasteiger charge is -2.14. The highest BCUT2D eigenvalue weighted by Crippen LogP contribution is 2.34. The predicted molar refractivity (Wildman–Crippen MR) is 105 cm³/mol. The molecule has 1 aromatic heterocycles. The molecule has 1 amide bonds. The van der Waals surface area contributed by atoms with Crippen LogP contribution in [-0.4, -0.2) is 40.2 Å². The van der Waals surface area contributed by atoms with Crippen molar-refractivity contribution in [3.8, 4) is 17.2 Å². The number of benzene rings is 2. The number of aliphatic carboxylic acids is 1. The topological polar surface area (TPSA) is 118 Å². The summed E-state index contributed by atoms with van der Waals surface area (Å²) in [5.41, 5.74) is 0.140. The van der Waals surface area contributed by atoms with Gasteiger partial charge in [0, 0.05) is 17.9 Å². The molecule has 8 nitrogen and oxygen atoms in total. The summed E-state index contributed by atoms with van der Waals surface area (Å²) in [4.78, 5) is 27.6. The minimum atomic E-state index is -1.20. The fourth-order valence-electron chi connectivity index (χ4n) is 2.76. The molecule has 150 valence electrons. The number of hydrogen-bond acceptors (Lipinski definition) is 6. The Balaban J connectivity index is 2.03. The first-order valence-corrected chi connectivity index (χ1v) is 8.81. The average Bonchev–Trinajstić information content (AvgIpc) is 2.70. The Labute approximate surface area is 166 Å². The van der Waals surface area contributed by atoms with Crippen molar-refractivity contribution in [1.82, 2.24) is 10.3 Å². The fourth-order valence-corrected chi connectivity index (χ4v) is 2.76. The SMILES string of the molecule is COCc1nc(C(=O)NC(C)C(=O)O)c(O)c2ccc(Oc3ccccc3)cc12. The number of carbonyl (C=O) groups is 2. The Hall–Kier alpha value is -3.65. The van der Waals surface area contributed by atoms with Gasteiger partial charge in [0.25, 0.3) is 5.91 Å². The quantitative estimate of drug-likeness (QED) is 0.562. The van der Waals surface area contributed by atoms with Crippen LogP contribution in [0.5, 0.6) is 17.2 Å². The standard InChI is InChI=1S/C21H20N2O6/c1-12(21(26)27)22-20(25)18-19(24)15-9-8-14(29-13-6-4-3-5-7-13)10-16(15)17(23-18)11-28-2/h3-10,12,24H,11H2,1-2H3,(H,22,25)(H,26,27). The molecule has 0 aliphatic carbocycles. The van der Waals surface area contributed by atoms with E-state index in [0.717, 1.165) is 0 Å². The van der Waals surface area contributed by atoms with Gasteiger partial charge in [-0.15, -0.1) is 0 Å². The maximum atomic E-state index is 12.4. The summed E-state index contributed by atoms with van der Waals surface area (Å²) in [5, 5.41) is 22.8. The summed E-state index contributed by atoms with van der Waals surface area (Å²) in [6.07, 6.45) is 0. The Morgan fingerprint density at radius 1 is 1.10 bits per heavy atom. The van der Waals surface area contributed by atoms with Crippen LogP contribution in [0.2, 0.25) is 0 Å². The van der Waals surface area contributed by atoms with Crippen LogP contribution < -0.4 is 10.1 Å². The van der Waals surface area contributed by atoms with E-state index >= 15 is 0 Å². The number of aromatic hydroxyl groups is 1. The van der Waals surface area contributed by atoms with Crippen molar-refractivity contribution >= 4 is 22.6 Å². The molecule has 3 rings (SSSR count). The number of rotatable bonds is 7. The van der Waals surface area contributed by atoms with Crippen molar-refractivity contribution < 1.29 is 29.3 Å². The second-order valence-electron chi connectivity index (χ2n) is 6.34. The van der Waals surface area contributed by atoms with Crippen LogP contribution in [0.25, 0.3) is 10.8 Å². The molecule has 8 heteroatoms. The lowest BCUT2D eigenvalue weighted by Crippen LogP contribution is -2.38. The second kappa shape index (κ2) is 8.57. The van der Waals surface area contributed by atoms with Gasteiger partial charge >= 0.3 is 5.97 Å². The number of para-hydroxylation sites is 1. The number of nitrogens with zero attached hydrogens (tertiary/aromatic N) is 1. The second-order valence-corrected chi connectivity index (χ2v) is 6.34. The molecule has 29 heavy (non-hydrogen) atoms. The minimum absolute atomic E-state index is 0.0837. The first kappa shape index (κ1) is 20.1. The van der Waals surface area contributed by atoms with Gasteiger partial charge in [-0.2, -0.15) is 0 Å². The highest BCUT2D eigenvalue weighted by atomic mass is 16.5. The van der Waals surface area contributed by atoms with Gasteiger partial charge in [0.15, 0.2) is 11.4 Å². The van der Waals surface area contributed by atoms with Crippen LogP contribution in [-0.2, 0) is 16.1 Å². The van der Waals surface area contributed by atoms with E-state index in [1.807, 2.05) is 30.3 Å². The summed E-state index contributed by atoms with van der Waals surface area (Å²) >= 11 is 0. The van der Waals surface area contributed by atoms with Gasteiger partial charge in [0.2, 0.25) is 0 Å². The summed E-state index contributed by atoms with van der Waals surface area (Å²) in [6, 6.07) is 13.0. The van der Waals surface area contributed by atoms with Crippen LogP contribution in [0.3, 0.4) is 0 Å². The van der Waals surface area contributed by atoms with Crippen LogP contribution in [0, 0.1) is 0 Å². The molecule has 2 aromatic carbocycles. The van der Waals surface area contributed by atoms with Gasteiger partial charge in [-0.1, -0.05) is 18.2 Å². The molecule has 0 aliphatic rings. The number of fused-ring (bicyclic) bond motifs is 1. The number of methoxy groups -OCH3 is 1. The van der Waals surface area contributed by atoms with Gasteiger partial charge in [-0.05, 0) is 37.3 Å². The van der Waals surface area contributed by atoms with Crippen LogP contribution >= 0.6 is 0 Å². The monoisotopic (exact) mass is 396 g/mol. The van der Waals surface area contributed by atoms with Gasteiger partial charge in [-0.25, -0.2) is 4.98 Å². The molecule has 0 radical (unpaired) electrons. The van der Waals surface area contributed by atoms with Crippen molar-refractivity contribution in [1.29, 1.82) is 0 Å². The van der Waals surface area contributed by atoms with Crippen molar-refractivity contribution in [3.63, 3.8) is 0 Å². The predicted octanol–water partition coefficient (Wildman–Crippen LogP) is 3.08. The van der Waals surface area contributed by atoms with Crippen molar-refractivity contribution in [2.75, 3.05) is 7.11 Å². The Morgan fingerprint density at radius 3 is 2.48 bits per heavy atom. The third kappa shape index (κ3) is 4.44. The molecule has 0 bridgehead atoms. The molecule has 3 N–H and O–H groups in total. The van der Waals surface area contributed by atoms with Crippen LogP contribution in [0.1, 0.15) is 23.1 Å². The molecule has 0 aliphatic heterocycles. The van der Waals surface area contributed by atoms with E-state index in [9.17, 15) is 14.7 Å². The van der Waals surface area contributed by atoms with E-state index in [0.29, 0.717) is 28.0 Å². The Bertz CT molecular complexity index is 1050. The van der Waals surface area contributed by atoms with Crippen molar-refractivity contribution in [3.05, 3.63) is 59.9 Å². The summed E-state index contributed by atoms with van der Waals surface area (Å²) in [6.45, 7) is 1.40. The maximum absolute atomic E-state index is 12.4. The number of aromatic nitrogens is 1. The third-order valence-corrected chi connectivity index (χ3v) is 4.22. The molecule has 0 fully saturated rings. The first-order chi connectivity index (χ1) is 13.9. The first-order valence-electron chi connectivity index (χ1n) is 8.81. The lowest BCUT2D eigenvalue weighted by molar-refractivity contribution is -0.138. The number of carboxylic acid groups (broad SMARTS) is 1. The minimum Gasteiger partial charge on any atom is -0.505 e. The highest BCUT2D eigenvalue weighted by Gasteiger charge is 2.22. The van der Waals surface area contributed by atoms with Gasteiger partial charge in [0.05, 0.1) is 12.3 Å². The molecule has 1 heterocycles. The highest BCUT2D eigenvalue weighted by molar-refractivity contribution is 6.03. The molecule has 3 aromatic rings.